The number of hydrogen-bond acceptors (Lipinski definition) is 4. The molecule has 0 aromatic carbocycles. The Balaban J connectivity index is 1.86. The van der Waals surface area contributed by atoms with E-state index in [1.807, 2.05) is 20.8 Å². The van der Waals surface area contributed by atoms with Crippen LogP contribution >= 0.6 is 11.6 Å². The van der Waals surface area contributed by atoms with E-state index >= 15 is 0 Å². The Kier molecular flexibility index (Phi) is 9.40. The fraction of sp³-hybridized carbons (Fsp3) is 0.222. The molecule has 0 aliphatic rings. The Hall–Kier alpha value is -5.08. The molecule has 0 spiro atoms. The second-order valence-corrected chi connectivity index (χ2v) is 7.20. The summed E-state index contributed by atoms with van der Waals surface area (Å²) >= 11 is 6.18. The van der Waals surface area contributed by atoms with Gasteiger partial charge in [-0.2, -0.15) is 0 Å². The fourth-order valence-corrected chi connectivity index (χ4v) is 2.39. The molecule has 0 saturated heterocycles. The normalized spacial score (nSPS) is 8.26. The Morgan fingerprint density at radius 1 is 0.912 bits per heavy atom. The molecule has 2 rings (SSSR count). The molecule has 0 fully saturated rings. The van der Waals surface area contributed by atoms with Crippen LogP contribution in [0.25, 0.3) is 5.65 Å². The smallest absolute Gasteiger partial charge is 0.385 e. The maximum atomic E-state index is 11.9. The van der Waals surface area contributed by atoms with Crippen LogP contribution in [-0.4, -0.2) is 32.4 Å². The van der Waals surface area contributed by atoms with Gasteiger partial charge in [-0.05, 0) is 111 Å². The summed E-state index contributed by atoms with van der Waals surface area (Å²) in [4.78, 5) is 11.9. The van der Waals surface area contributed by atoms with Crippen molar-refractivity contribution in [2.45, 2.75) is 33.1 Å². The molecule has 0 bridgehead atoms. The molecule has 0 radical (unpaired) electrons. The van der Waals surface area contributed by atoms with Crippen molar-refractivity contribution in [3.05, 3.63) is 16.5 Å². The Bertz CT molecular complexity index is 1630. The van der Waals surface area contributed by atoms with E-state index in [4.69, 9.17) is 16.3 Å². The molecule has 34 heavy (non-hydrogen) atoms. The van der Waals surface area contributed by atoms with Gasteiger partial charge in [0, 0.05) is 5.92 Å². The molecular formula is C27H15ClN4O2. The summed E-state index contributed by atoms with van der Waals surface area (Å²) in [5.41, 5.74) is 0.637. The highest BCUT2D eigenvalue weighted by molar-refractivity contribution is 6.34. The first-order chi connectivity index (χ1) is 16.4. The summed E-state index contributed by atoms with van der Waals surface area (Å²) in [5, 5.41) is 11.8. The van der Waals surface area contributed by atoms with Gasteiger partial charge >= 0.3 is 5.97 Å². The van der Waals surface area contributed by atoms with E-state index in [1.54, 1.807) is 11.4 Å². The number of aromatic nitrogens is 4. The number of esters is 1. The highest BCUT2D eigenvalue weighted by Crippen LogP contribution is 2.26. The first-order valence-electron chi connectivity index (χ1n) is 9.56. The van der Waals surface area contributed by atoms with Gasteiger partial charge in [-0.15, -0.1) is 10.2 Å². The van der Waals surface area contributed by atoms with Crippen LogP contribution in [0.3, 0.4) is 0 Å². The molecule has 2 aromatic rings. The van der Waals surface area contributed by atoms with E-state index in [9.17, 15) is 4.79 Å². The number of rotatable bonds is 3. The second-order valence-electron chi connectivity index (χ2n) is 6.82. The lowest BCUT2D eigenvalue weighted by atomic mass is 9.94. The molecule has 0 saturated carbocycles. The molecular weight excluding hydrogens is 448 g/mol. The molecule has 0 unspecified atom stereocenters. The molecule has 7 heteroatoms. The fourth-order valence-electron chi connectivity index (χ4n) is 2.22. The van der Waals surface area contributed by atoms with Gasteiger partial charge < -0.3 is 4.74 Å². The zero-order chi connectivity index (χ0) is 24.8. The third-order valence-electron chi connectivity index (χ3n) is 3.74. The number of aromatic amines is 1. The highest BCUT2D eigenvalue weighted by atomic mass is 35.5. The molecule has 1 N–H and O–H groups in total. The van der Waals surface area contributed by atoms with Gasteiger partial charge in [-0.3, -0.25) is 5.10 Å². The largest absolute Gasteiger partial charge is 0.455 e. The Morgan fingerprint density at radius 3 is 1.94 bits per heavy atom. The Morgan fingerprint density at radius 2 is 1.41 bits per heavy atom. The van der Waals surface area contributed by atoms with Gasteiger partial charge in [0.25, 0.3) is 0 Å². The van der Waals surface area contributed by atoms with Crippen LogP contribution < -0.4 is 0 Å². The van der Waals surface area contributed by atoms with Gasteiger partial charge in [0.15, 0.2) is 11.5 Å². The van der Waals surface area contributed by atoms with Crippen LogP contribution in [-0.2, 0) is 14.9 Å². The molecule has 0 aliphatic heterocycles. The number of fused-ring (bicyclic) bond motifs is 1. The third-order valence-corrected chi connectivity index (χ3v) is 4.19. The van der Waals surface area contributed by atoms with Crippen LogP contribution in [0.4, 0.5) is 0 Å². The van der Waals surface area contributed by atoms with Crippen LogP contribution in [0.2, 0.25) is 5.02 Å². The molecule has 0 amide bonds. The maximum absolute atomic E-state index is 11.9. The summed E-state index contributed by atoms with van der Waals surface area (Å²) in [6, 6.07) is 0. The lowest BCUT2D eigenvalue weighted by Crippen LogP contribution is -2.28. The number of hydrogen-bond donors (Lipinski definition) is 1. The van der Waals surface area contributed by atoms with Gasteiger partial charge in [-0.25, -0.2) is 9.31 Å². The lowest BCUT2D eigenvalue weighted by molar-refractivity contribution is -0.138. The summed E-state index contributed by atoms with van der Waals surface area (Å²) in [7, 11) is 0. The molecule has 2 heterocycles. The van der Waals surface area contributed by atoms with Gasteiger partial charge in [-0.1, -0.05) is 17.5 Å². The van der Waals surface area contributed by atoms with E-state index in [-0.39, 0.29) is 6.61 Å². The minimum atomic E-state index is -0.723. The van der Waals surface area contributed by atoms with E-state index in [0.717, 1.165) is 5.69 Å². The van der Waals surface area contributed by atoms with Crippen LogP contribution in [0, 0.1) is 102 Å². The standard InChI is InChI=1S/C27H15ClN4O2/c1-5-6-7-8-9-10-11-12-13-14-15-16-17-18-19-20-23(33)34-21-27(3,4)26-30-29-25-24(28)22(2)31-32(25)26/h31H,21H2,1-4H3. The molecule has 162 valence electrons. The minimum absolute atomic E-state index is 0.0324. The SMILES string of the molecule is CC#CC#CC#CC#CC#CC#CC#CC#CC(=O)OCC(C)(C)c1nnc2c(Cl)c(C)[nH]n12. The monoisotopic (exact) mass is 462 g/mol. The first kappa shape index (κ1) is 25.2. The zero-order valence-corrected chi connectivity index (χ0v) is 19.5. The summed E-state index contributed by atoms with van der Waals surface area (Å²) in [6.45, 7) is 7.27. The molecule has 2 aromatic heterocycles. The van der Waals surface area contributed by atoms with Crippen molar-refractivity contribution < 1.29 is 9.53 Å². The van der Waals surface area contributed by atoms with E-state index in [0.29, 0.717) is 16.5 Å². The van der Waals surface area contributed by atoms with E-state index in [1.165, 1.54) is 0 Å². The third kappa shape index (κ3) is 7.56. The maximum Gasteiger partial charge on any atom is 0.385 e. The van der Waals surface area contributed by atoms with Crippen molar-refractivity contribution in [3.8, 4) is 94.7 Å². The van der Waals surface area contributed by atoms with Gasteiger partial charge in [0.05, 0.1) is 11.1 Å². The van der Waals surface area contributed by atoms with Crippen LogP contribution in [0.1, 0.15) is 32.3 Å². The molecule has 6 nitrogen and oxygen atoms in total. The van der Waals surface area contributed by atoms with Crippen molar-refractivity contribution in [3.63, 3.8) is 0 Å². The van der Waals surface area contributed by atoms with Crippen molar-refractivity contribution >= 4 is 23.2 Å². The summed E-state index contributed by atoms with van der Waals surface area (Å²) < 4.78 is 6.90. The van der Waals surface area contributed by atoms with E-state index < -0.39 is 11.4 Å². The van der Waals surface area contributed by atoms with Crippen LogP contribution in [0.15, 0.2) is 0 Å². The molecule has 0 atom stereocenters. The minimum Gasteiger partial charge on any atom is -0.455 e. The second kappa shape index (κ2) is 12.7. The quantitative estimate of drug-likeness (QED) is 0.429. The molecule has 0 aliphatic carbocycles. The highest BCUT2D eigenvalue weighted by Gasteiger charge is 2.30. The topological polar surface area (TPSA) is 72.3 Å². The number of carbonyl (C=O) groups excluding carboxylic acids is 1. The van der Waals surface area contributed by atoms with E-state index in [2.05, 4.69) is 110 Å². The van der Waals surface area contributed by atoms with Gasteiger partial charge in [0.2, 0.25) is 0 Å². The summed E-state index contributed by atoms with van der Waals surface area (Å²) in [6.07, 6.45) is 0. The number of nitrogens with one attached hydrogen (secondary N) is 1. The number of H-pyrrole nitrogens is 1. The number of carbonyl (C=O) groups is 1. The number of nitrogens with zero attached hydrogens (tertiary/aromatic N) is 3. The van der Waals surface area contributed by atoms with Crippen molar-refractivity contribution in [1.82, 2.24) is 19.8 Å². The van der Waals surface area contributed by atoms with Crippen molar-refractivity contribution in [2.75, 3.05) is 6.61 Å². The Labute approximate surface area is 203 Å². The predicted octanol–water partition coefficient (Wildman–Crippen LogP) is 1.89. The lowest BCUT2D eigenvalue weighted by Gasteiger charge is -2.20. The average molecular weight is 463 g/mol. The van der Waals surface area contributed by atoms with Crippen molar-refractivity contribution in [2.24, 2.45) is 0 Å². The van der Waals surface area contributed by atoms with Crippen molar-refractivity contribution in [1.29, 1.82) is 0 Å². The number of halogens is 1. The number of aryl methyl sites for hydroxylation is 1. The predicted molar refractivity (Wildman–Crippen MR) is 129 cm³/mol. The average Bonchev–Trinajstić information content (AvgIpc) is 3.35. The first-order valence-corrected chi connectivity index (χ1v) is 9.94. The zero-order valence-electron chi connectivity index (χ0n) is 18.7. The van der Waals surface area contributed by atoms with Gasteiger partial charge in [0.1, 0.15) is 11.6 Å². The van der Waals surface area contributed by atoms with Crippen LogP contribution in [0.5, 0.6) is 0 Å². The number of ether oxygens (including phenoxy) is 1. The summed E-state index contributed by atoms with van der Waals surface area (Å²) in [5.74, 6) is 39.5.